The van der Waals surface area contributed by atoms with Crippen molar-refractivity contribution in [2.24, 2.45) is 0 Å². The van der Waals surface area contributed by atoms with E-state index in [0.29, 0.717) is 13.0 Å². The van der Waals surface area contributed by atoms with Crippen LogP contribution in [0.4, 0.5) is 0 Å². The zero-order valence-corrected chi connectivity index (χ0v) is 14.7. The number of unbranched alkanes of at least 4 members (excludes halogenated alkanes) is 2. The molecule has 2 rings (SSSR count). The first-order chi connectivity index (χ1) is 12.0. The number of carbonyl (C=O) groups is 2. The van der Waals surface area contributed by atoms with Crippen molar-refractivity contribution in [3.8, 4) is 5.75 Å². The van der Waals surface area contributed by atoms with E-state index in [1.165, 1.54) is 0 Å². The van der Waals surface area contributed by atoms with Gasteiger partial charge in [-0.2, -0.15) is 0 Å². The average molecular weight is 343 g/mol. The summed E-state index contributed by atoms with van der Waals surface area (Å²) in [5.41, 5.74) is 0.973. The number of carbonyl (C=O) groups excluding carboxylic acids is 1. The van der Waals surface area contributed by atoms with Gasteiger partial charge in [-0.3, -0.25) is 9.59 Å². The summed E-state index contributed by atoms with van der Waals surface area (Å²) in [5, 5.41) is 13.7. The summed E-state index contributed by atoms with van der Waals surface area (Å²) in [6, 6.07) is 11.9. The Morgan fingerprint density at radius 2 is 1.80 bits per heavy atom. The highest BCUT2D eigenvalue weighted by Gasteiger charge is 2.15. The van der Waals surface area contributed by atoms with Crippen molar-refractivity contribution in [3.05, 3.63) is 42.0 Å². The number of carboxylic acids is 1. The van der Waals surface area contributed by atoms with E-state index in [-0.39, 0.29) is 18.2 Å². The van der Waals surface area contributed by atoms with Crippen molar-refractivity contribution in [1.82, 2.24) is 5.32 Å². The molecule has 0 heterocycles. The first kappa shape index (κ1) is 18.8. The van der Waals surface area contributed by atoms with Crippen LogP contribution in [0.3, 0.4) is 0 Å². The summed E-state index contributed by atoms with van der Waals surface area (Å²) in [6.07, 6.45) is 2.43. The standard InChI is InChI=1S/C20H25NO4/c1-14(20(24)21-11-5-3-4-6-19(22)23)15-7-8-17-13-18(25-2)10-9-16(17)12-15/h7-10,12-14H,3-6,11H2,1-2H3,(H,21,24)(H,22,23)/t14-/m0/s1. The number of amides is 1. The fourth-order valence-electron chi connectivity index (χ4n) is 2.73. The smallest absolute Gasteiger partial charge is 0.303 e. The lowest BCUT2D eigenvalue weighted by molar-refractivity contribution is -0.137. The summed E-state index contributed by atoms with van der Waals surface area (Å²) in [4.78, 5) is 22.7. The van der Waals surface area contributed by atoms with Crippen LogP contribution in [0.1, 0.15) is 44.1 Å². The minimum Gasteiger partial charge on any atom is -0.497 e. The molecule has 134 valence electrons. The van der Waals surface area contributed by atoms with Crippen molar-refractivity contribution < 1.29 is 19.4 Å². The molecule has 0 saturated carbocycles. The molecule has 5 nitrogen and oxygen atoms in total. The lowest BCUT2D eigenvalue weighted by Gasteiger charge is -2.13. The van der Waals surface area contributed by atoms with Gasteiger partial charge in [-0.25, -0.2) is 0 Å². The number of hydrogen-bond acceptors (Lipinski definition) is 3. The molecule has 0 radical (unpaired) electrons. The van der Waals surface area contributed by atoms with Crippen molar-refractivity contribution in [2.45, 2.75) is 38.5 Å². The van der Waals surface area contributed by atoms with E-state index < -0.39 is 5.97 Å². The summed E-state index contributed by atoms with van der Waals surface area (Å²) in [6.45, 7) is 2.47. The molecule has 0 aromatic heterocycles. The molecule has 2 N–H and O–H groups in total. The molecule has 0 spiro atoms. The molecular formula is C20H25NO4. The average Bonchev–Trinajstić information content (AvgIpc) is 2.62. The summed E-state index contributed by atoms with van der Waals surface area (Å²) >= 11 is 0. The summed E-state index contributed by atoms with van der Waals surface area (Å²) < 4.78 is 5.23. The maximum absolute atomic E-state index is 12.3. The normalized spacial score (nSPS) is 11.9. The third-order valence-corrected chi connectivity index (χ3v) is 4.33. The zero-order valence-electron chi connectivity index (χ0n) is 14.7. The van der Waals surface area contributed by atoms with Gasteiger partial charge < -0.3 is 15.2 Å². The van der Waals surface area contributed by atoms with Gasteiger partial charge in [-0.1, -0.05) is 30.7 Å². The Bertz CT molecular complexity index is 742. The van der Waals surface area contributed by atoms with Gasteiger partial charge in [0.25, 0.3) is 0 Å². The summed E-state index contributed by atoms with van der Waals surface area (Å²) in [5.74, 6) is -0.197. The lowest BCUT2D eigenvalue weighted by Crippen LogP contribution is -2.28. The van der Waals surface area contributed by atoms with Crippen molar-refractivity contribution >= 4 is 22.6 Å². The second-order valence-electron chi connectivity index (χ2n) is 6.19. The molecule has 1 atom stereocenters. The molecule has 5 heteroatoms. The Balaban J connectivity index is 1.88. The van der Waals surface area contributed by atoms with Crippen LogP contribution in [0.15, 0.2) is 36.4 Å². The second-order valence-corrected chi connectivity index (χ2v) is 6.19. The maximum atomic E-state index is 12.3. The van der Waals surface area contributed by atoms with Crippen LogP contribution in [-0.4, -0.2) is 30.6 Å². The number of methoxy groups -OCH3 is 1. The van der Waals surface area contributed by atoms with Crippen LogP contribution in [0, 0.1) is 0 Å². The molecule has 2 aromatic carbocycles. The van der Waals surface area contributed by atoms with Gasteiger partial charge in [-0.05, 0) is 48.2 Å². The van der Waals surface area contributed by atoms with Crippen LogP contribution in [-0.2, 0) is 9.59 Å². The minimum atomic E-state index is -0.772. The van der Waals surface area contributed by atoms with Gasteiger partial charge in [0.1, 0.15) is 5.75 Å². The number of ether oxygens (including phenoxy) is 1. The van der Waals surface area contributed by atoms with Crippen molar-refractivity contribution in [1.29, 1.82) is 0 Å². The van der Waals surface area contributed by atoms with E-state index in [1.807, 2.05) is 43.3 Å². The third-order valence-electron chi connectivity index (χ3n) is 4.33. The highest BCUT2D eigenvalue weighted by atomic mass is 16.5. The number of carboxylic acid groups (broad SMARTS) is 1. The van der Waals surface area contributed by atoms with Crippen LogP contribution in [0.5, 0.6) is 5.75 Å². The Kier molecular flexibility index (Phi) is 6.81. The topological polar surface area (TPSA) is 75.6 Å². The number of benzene rings is 2. The molecule has 1 amide bonds. The van der Waals surface area contributed by atoms with Crippen molar-refractivity contribution in [3.63, 3.8) is 0 Å². The van der Waals surface area contributed by atoms with Gasteiger partial charge in [0.2, 0.25) is 5.91 Å². The molecule has 0 aliphatic heterocycles. The first-order valence-electron chi connectivity index (χ1n) is 8.58. The highest BCUT2D eigenvalue weighted by Crippen LogP contribution is 2.25. The lowest BCUT2D eigenvalue weighted by atomic mass is 9.97. The number of aliphatic carboxylic acids is 1. The van der Waals surface area contributed by atoms with E-state index >= 15 is 0 Å². The number of hydrogen-bond donors (Lipinski definition) is 2. The molecule has 0 unspecified atom stereocenters. The van der Waals surface area contributed by atoms with Gasteiger partial charge in [0, 0.05) is 13.0 Å². The van der Waals surface area contributed by atoms with Crippen LogP contribution in [0.25, 0.3) is 10.8 Å². The molecular weight excluding hydrogens is 318 g/mol. The number of fused-ring (bicyclic) bond motifs is 1. The van der Waals surface area contributed by atoms with E-state index in [1.54, 1.807) is 7.11 Å². The first-order valence-corrected chi connectivity index (χ1v) is 8.58. The number of rotatable bonds is 9. The fourth-order valence-corrected chi connectivity index (χ4v) is 2.73. The van der Waals surface area contributed by atoms with E-state index in [9.17, 15) is 9.59 Å². The predicted molar refractivity (Wildman–Crippen MR) is 98.0 cm³/mol. The highest BCUT2D eigenvalue weighted by molar-refractivity contribution is 5.88. The number of nitrogens with one attached hydrogen (secondary N) is 1. The Morgan fingerprint density at radius 1 is 1.08 bits per heavy atom. The molecule has 0 aliphatic rings. The second kappa shape index (κ2) is 9.06. The molecule has 0 fully saturated rings. The minimum absolute atomic E-state index is 0.00824. The molecule has 0 aliphatic carbocycles. The maximum Gasteiger partial charge on any atom is 0.303 e. The molecule has 25 heavy (non-hydrogen) atoms. The fraction of sp³-hybridized carbons (Fsp3) is 0.400. The third kappa shape index (κ3) is 5.48. The van der Waals surface area contributed by atoms with E-state index in [4.69, 9.17) is 9.84 Å². The summed E-state index contributed by atoms with van der Waals surface area (Å²) in [7, 11) is 1.64. The molecule has 0 saturated heterocycles. The largest absolute Gasteiger partial charge is 0.497 e. The van der Waals surface area contributed by atoms with E-state index in [0.717, 1.165) is 34.9 Å². The Labute approximate surface area is 148 Å². The van der Waals surface area contributed by atoms with Gasteiger partial charge in [-0.15, -0.1) is 0 Å². The predicted octanol–water partition coefficient (Wildman–Crippen LogP) is 3.71. The molecule has 2 aromatic rings. The van der Waals surface area contributed by atoms with Crippen molar-refractivity contribution in [2.75, 3.05) is 13.7 Å². The van der Waals surface area contributed by atoms with Gasteiger partial charge in [0.15, 0.2) is 0 Å². The Morgan fingerprint density at radius 3 is 2.52 bits per heavy atom. The van der Waals surface area contributed by atoms with Crippen LogP contribution < -0.4 is 10.1 Å². The Hall–Kier alpha value is -2.56. The van der Waals surface area contributed by atoms with Crippen LogP contribution in [0.2, 0.25) is 0 Å². The monoisotopic (exact) mass is 343 g/mol. The SMILES string of the molecule is COc1ccc2cc([C@H](C)C(=O)NCCCCCC(=O)O)ccc2c1. The quantitative estimate of drug-likeness (QED) is 0.681. The van der Waals surface area contributed by atoms with E-state index in [2.05, 4.69) is 5.32 Å². The van der Waals surface area contributed by atoms with Gasteiger partial charge >= 0.3 is 5.97 Å². The molecule has 0 bridgehead atoms. The van der Waals surface area contributed by atoms with Crippen LogP contribution >= 0.6 is 0 Å². The zero-order chi connectivity index (χ0) is 18.2. The van der Waals surface area contributed by atoms with Gasteiger partial charge in [0.05, 0.1) is 13.0 Å².